The number of piperazine rings is 1. The average Bonchev–Trinajstić information content (AvgIpc) is 3.19. The molecule has 1 saturated heterocycles. The Bertz CT molecular complexity index is 963. The molecule has 7 heteroatoms. The Morgan fingerprint density at radius 1 is 1.03 bits per heavy atom. The smallest absolute Gasteiger partial charge is 0.257 e. The number of benzene rings is 1. The summed E-state index contributed by atoms with van der Waals surface area (Å²) < 4.78 is 15.0. The SMILES string of the molecule is CCc1c(C(=O)N2CCN(Cc3ccncc3)CC2)cnn1-c1ccc(F)cc1. The van der Waals surface area contributed by atoms with E-state index in [0.717, 1.165) is 31.0 Å². The molecule has 0 saturated carbocycles. The highest BCUT2D eigenvalue weighted by Gasteiger charge is 2.26. The van der Waals surface area contributed by atoms with E-state index < -0.39 is 0 Å². The molecule has 0 atom stereocenters. The molecule has 0 spiro atoms. The van der Waals surface area contributed by atoms with Crippen LogP contribution in [0.3, 0.4) is 0 Å². The lowest BCUT2D eigenvalue weighted by molar-refractivity contribution is 0.0627. The largest absolute Gasteiger partial charge is 0.336 e. The van der Waals surface area contributed by atoms with Crippen molar-refractivity contribution in [2.45, 2.75) is 19.9 Å². The van der Waals surface area contributed by atoms with Crippen LogP contribution < -0.4 is 0 Å². The lowest BCUT2D eigenvalue weighted by atomic mass is 10.1. The van der Waals surface area contributed by atoms with E-state index in [4.69, 9.17) is 0 Å². The fraction of sp³-hybridized carbons (Fsp3) is 0.318. The number of hydrogen-bond acceptors (Lipinski definition) is 4. The topological polar surface area (TPSA) is 54.3 Å². The van der Waals surface area contributed by atoms with Gasteiger partial charge in [-0.25, -0.2) is 9.07 Å². The molecule has 2 aromatic heterocycles. The zero-order chi connectivity index (χ0) is 20.2. The number of halogens is 1. The number of carbonyl (C=O) groups is 1. The van der Waals surface area contributed by atoms with Crippen LogP contribution in [0, 0.1) is 5.82 Å². The summed E-state index contributed by atoms with van der Waals surface area (Å²) in [5, 5.41) is 4.40. The van der Waals surface area contributed by atoms with Crippen molar-refractivity contribution in [3.63, 3.8) is 0 Å². The zero-order valence-electron chi connectivity index (χ0n) is 16.5. The van der Waals surface area contributed by atoms with Gasteiger partial charge in [-0.15, -0.1) is 0 Å². The Morgan fingerprint density at radius 3 is 2.38 bits per heavy atom. The van der Waals surface area contributed by atoms with Gasteiger partial charge in [0.1, 0.15) is 5.82 Å². The highest BCUT2D eigenvalue weighted by Crippen LogP contribution is 2.19. The number of rotatable bonds is 5. The third kappa shape index (κ3) is 4.19. The van der Waals surface area contributed by atoms with Crippen molar-refractivity contribution < 1.29 is 9.18 Å². The first-order valence-electron chi connectivity index (χ1n) is 9.89. The van der Waals surface area contributed by atoms with E-state index in [2.05, 4.69) is 15.0 Å². The van der Waals surface area contributed by atoms with Crippen LogP contribution in [0.2, 0.25) is 0 Å². The first-order valence-corrected chi connectivity index (χ1v) is 9.89. The Labute approximate surface area is 169 Å². The van der Waals surface area contributed by atoms with Crippen molar-refractivity contribution in [2.24, 2.45) is 0 Å². The number of carbonyl (C=O) groups excluding carboxylic acids is 1. The van der Waals surface area contributed by atoms with Gasteiger partial charge in [0.25, 0.3) is 5.91 Å². The Balaban J connectivity index is 1.44. The quantitative estimate of drug-likeness (QED) is 0.669. The molecule has 1 amide bonds. The minimum atomic E-state index is -0.292. The molecule has 0 radical (unpaired) electrons. The van der Waals surface area contributed by atoms with E-state index in [1.54, 1.807) is 35.4 Å². The second-order valence-electron chi connectivity index (χ2n) is 7.17. The Hall–Kier alpha value is -3.06. The molecule has 150 valence electrons. The van der Waals surface area contributed by atoms with Gasteiger partial charge in [0.15, 0.2) is 0 Å². The molecule has 1 aromatic carbocycles. The van der Waals surface area contributed by atoms with E-state index in [-0.39, 0.29) is 11.7 Å². The molecule has 1 aliphatic heterocycles. The van der Waals surface area contributed by atoms with E-state index >= 15 is 0 Å². The normalized spacial score (nSPS) is 14.9. The van der Waals surface area contributed by atoms with Crippen LogP contribution in [0.15, 0.2) is 55.0 Å². The van der Waals surface area contributed by atoms with Crippen LogP contribution >= 0.6 is 0 Å². The number of aromatic nitrogens is 3. The fourth-order valence-electron chi connectivity index (χ4n) is 3.72. The van der Waals surface area contributed by atoms with Crippen LogP contribution in [0.1, 0.15) is 28.5 Å². The van der Waals surface area contributed by atoms with Gasteiger partial charge in [-0.2, -0.15) is 5.10 Å². The van der Waals surface area contributed by atoms with Crippen molar-refractivity contribution >= 4 is 5.91 Å². The second-order valence-corrected chi connectivity index (χ2v) is 7.17. The molecule has 4 rings (SSSR count). The summed E-state index contributed by atoms with van der Waals surface area (Å²) in [5.41, 5.74) is 3.46. The molecule has 0 N–H and O–H groups in total. The molecule has 3 aromatic rings. The van der Waals surface area contributed by atoms with Crippen LogP contribution in [-0.2, 0) is 13.0 Å². The van der Waals surface area contributed by atoms with Crippen LogP contribution in [0.25, 0.3) is 5.69 Å². The molecule has 3 heterocycles. The first kappa shape index (κ1) is 19.3. The van der Waals surface area contributed by atoms with Gasteiger partial charge in [-0.1, -0.05) is 6.92 Å². The molecule has 1 aliphatic rings. The van der Waals surface area contributed by atoms with Gasteiger partial charge in [0.2, 0.25) is 0 Å². The summed E-state index contributed by atoms with van der Waals surface area (Å²) in [5.74, 6) is -0.279. The molecule has 0 bridgehead atoms. The molecule has 29 heavy (non-hydrogen) atoms. The van der Waals surface area contributed by atoms with E-state index in [1.807, 2.05) is 24.0 Å². The summed E-state index contributed by atoms with van der Waals surface area (Å²) in [6, 6.07) is 10.2. The predicted molar refractivity (Wildman–Crippen MR) is 108 cm³/mol. The van der Waals surface area contributed by atoms with E-state index in [9.17, 15) is 9.18 Å². The van der Waals surface area contributed by atoms with Crippen molar-refractivity contribution in [3.05, 3.63) is 77.6 Å². The van der Waals surface area contributed by atoms with Crippen molar-refractivity contribution in [2.75, 3.05) is 26.2 Å². The lowest BCUT2D eigenvalue weighted by Crippen LogP contribution is -2.48. The van der Waals surface area contributed by atoms with Gasteiger partial charge in [-0.05, 0) is 48.4 Å². The van der Waals surface area contributed by atoms with Crippen molar-refractivity contribution in [1.29, 1.82) is 0 Å². The fourth-order valence-corrected chi connectivity index (χ4v) is 3.72. The maximum absolute atomic E-state index is 13.2. The molecular formula is C22H24FN5O. The molecule has 0 aliphatic carbocycles. The van der Waals surface area contributed by atoms with Crippen LogP contribution in [0.5, 0.6) is 0 Å². The molecular weight excluding hydrogens is 369 g/mol. The highest BCUT2D eigenvalue weighted by atomic mass is 19.1. The summed E-state index contributed by atoms with van der Waals surface area (Å²) in [4.78, 5) is 21.4. The Morgan fingerprint density at radius 2 is 1.72 bits per heavy atom. The maximum atomic E-state index is 13.2. The second kappa shape index (κ2) is 8.53. The van der Waals surface area contributed by atoms with E-state index in [1.165, 1.54) is 17.7 Å². The van der Waals surface area contributed by atoms with Gasteiger partial charge >= 0.3 is 0 Å². The van der Waals surface area contributed by atoms with Gasteiger partial charge in [-0.3, -0.25) is 14.7 Å². The summed E-state index contributed by atoms with van der Waals surface area (Å²) in [7, 11) is 0. The number of pyridine rings is 1. The van der Waals surface area contributed by atoms with Crippen LogP contribution in [0.4, 0.5) is 4.39 Å². The summed E-state index contributed by atoms with van der Waals surface area (Å²) in [6.07, 6.45) is 5.91. The van der Waals surface area contributed by atoms with Crippen molar-refractivity contribution in [1.82, 2.24) is 24.6 Å². The van der Waals surface area contributed by atoms with E-state index in [0.29, 0.717) is 25.1 Å². The van der Waals surface area contributed by atoms with Gasteiger partial charge < -0.3 is 4.90 Å². The van der Waals surface area contributed by atoms with Gasteiger partial charge in [0, 0.05) is 45.1 Å². The monoisotopic (exact) mass is 393 g/mol. The number of nitrogens with zero attached hydrogens (tertiary/aromatic N) is 5. The zero-order valence-corrected chi connectivity index (χ0v) is 16.5. The third-order valence-electron chi connectivity index (χ3n) is 5.32. The number of hydrogen-bond donors (Lipinski definition) is 0. The van der Waals surface area contributed by atoms with Crippen molar-refractivity contribution in [3.8, 4) is 5.69 Å². The first-order chi connectivity index (χ1) is 14.2. The minimum Gasteiger partial charge on any atom is -0.336 e. The van der Waals surface area contributed by atoms with Crippen LogP contribution in [-0.4, -0.2) is 56.7 Å². The maximum Gasteiger partial charge on any atom is 0.257 e. The Kier molecular flexibility index (Phi) is 5.67. The standard InChI is InChI=1S/C22H24FN5O/c1-2-21-20(15-25-28(21)19-5-3-18(23)4-6-19)22(29)27-13-11-26(12-14-27)16-17-7-9-24-10-8-17/h3-10,15H,2,11-14,16H2,1H3. The summed E-state index contributed by atoms with van der Waals surface area (Å²) in [6.45, 7) is 5.92. The summed E-state index contributed by atoms with van der Waals surface area (Å²) >= 11 is 0. The average molecular weight is 393 g/mol. The number of amides is 1. The minimum absolute atomic E-state index is 0.0128. The lowest BCUT2D eigenvalue weighted by Gasteiger charge is -2.34. The predicted octanol–water partition coefficient (Wildman–Crippen LogP) is 2.93. The molecule has 1 fully saturated rings. The molecule has 0 unspecified atom stereocenters. The van der Waals surface area contributed by atoms with Gasteiger partial charge in [0.05, 0.1) is 23.1 Å². The third-order valence-corrected chi connectivity index (χ3v) is 5.32. The molecule has 6 nitrogen and oxygen atoms in total. The highest BCUT2D eigenvalue weighted by molar-refractivity contribution is 5.95.